The average Bonchev–Trinajstić information content (AvgIpc) is 3.32. The Bertz CT molecular complexity index is 584. The SMILES string of the molecule is CC(C)CN(C(=O)CN1C(=O)CSc2ccccc21)C1CC1. The molecule has 0 unspecified atom stereocenters. The van der Waals surface area contributed by atoms with Gasteiger partial charge in [0.15, 0.2) is 0 Å². The van der Waals surface area contributed by atoms with Gasteiger partial charge in [-0.25, -0.2) is 0 Å². The van der Waals surface area contributed by atoms with Crippen LogP contribution in [0.4, 0.5) is 5.69 Å². The molecule has 4 nitrogen and oxygen atoms in total. The van der Waals surface area contributed by atoms with Crippen molar-refractivity contribution in [3.8, 4) is 0 Å². The first kappa shape index (κ1) is 15.4. The molecule has 0 aromatic heterocycles. The van der Waals surface area contributed by atoms with Gasteiger partial charge in [-0.1, -0.05) is 26.0 Å². The summed E-state index contributed by atoms with van der Waals surface area (Å²) >= 11 is 1.55. The second-order valence-corrected chi connectivity index (χ2v) is 7.42. The van der Waals surface area contributed by atoms with Gasteiger partial charge in [0.25, 0.3) is 0 Å². The highest BCUT2D eigenvalue weighted by atomic mass is 32.2. The number of para-hydroxylation sites is 1. The Morgan fingerprint density at radius 2 is 2.09 bits per heavy atom. The first-order chi connectivity index (χ1) is 10.6. The molecule has 0 saturated heterocycles. The van der Waals surface area contributed by atoms with E-state index in [9.17, 15) is 9.59 Å². The third-order valence-electron chi connectivity index (χ3n) is 3.97. The Balaban J connectivity index is 1.76. The molecule has 22 heavy (non-hydrogen) atoms. The zero-order chi connectivity index (χ0) is 15.7. The third-order valence-corrected chi connectivity index (χ3v) is 5.02. The molecule has 1 fully saturated rings. The highest BCUT2D eigenvalue weighted by Crippen LogP contribution is 2.35. The average molecular weight is 318 g/mol. The van der Waals surface area contributed by atoms with Crippen LogP contribution < -0.4 is 4.90 Å². The summed E-state index contributed by atoms with van der Waals surface area (Å²) in [7, 11) is 0. The Hall–Kier alpha value is -1.49. The van der Waals surface area contributed by atoms with Crippen molar-refractivity contribution in [1.82, 2.24) is 4.90 Å². The predicted octanol–water partition coefficient (Wildman–Crippen LogP) is 2.77. The van der Waals surface area contributed by atoms with E-state index in [1.54, 1.807) is 16.7 Å². The molecule has 1 aromatic carbocycles. The van der Waals surface area contributed by atoms with E-state index in [0.717, 1.165) is 30.0 Å². The number of nitrogens with zero attached hydrogens (tertiary/aromatic N) is 2. The lowest BCUT2D eigenvalue weighted by Crippen LogP contribution is -2.46. The van der Waals surface area contributed by atoms with Crippen LogP contribution in [0.15, 0.2) is 29.2 Å². The lowest BCUT2D eigenvalue weighted by Gasteiger charge is -2.31. The minimum atomic E-state index is 0.0253. The maximum absolute atomic E-state index is 12.7. The number of anilines is 1. The summed E-state index contributed by atoms with van der Waals surface area (Å²) in [6.07, 6.45) is 2.19. The smallest absolute Gasteiger partial charge is 0.242 e. The quantitative estimate of drug-likeness (QED) is 0.838. The highest BCUT2D eigenvalue weighted by Gasteiger charge is 2.35. The van der Waals surface area contributed by atoms with E-state index in [1.165, 1.54) is 0 Å². The van der Waals surface area contributed by atoms with Gasteiger partial charge in [0.05, 0.1) is 11.4 Å². The van der Waals surface area contributed by atoms with Gasteiger partial charge in [0, 0.05) is 17.5 Å². The van der Waals surface area contributed by atoms with Crippen LogP contribution in [0.2, 0.25) is 0 Å². The summed E-state index contributed by atoms with van der Waals surface area (Å²) < 4.78 is 0. The van der Waals surface area contributed by atoms with E-state index >= 15 is 0 Å². The topological polar surface area (TPSA) is 40.6 Å². The summed E-state index contributed by atoms with van der Waals surface area (Å²) in [6.45, 7) is 5.20. The maximum Gasteiger partial charge on any atom is 0.242 e. The molecule has 1 aliphatic heterocycles. The van der Waals surface area contributed by atoms with Crippen LogP contribution in [0.25, 0.3) is 0 Å². The van der Waals surface area contributed by atoms with Gasteiger partial charge < -0.3 is 9.80 Å². The van der Waals surface area contributed by atoms with Crippen molar-refractivity contribution in [3.05, 3.63) is 24.3 Å². The number of hydrogen-bond donors (Lipinski definition) is 0. The maximum atomic E-state index is 12.7. The molecule has 0 bridgehead atoms. The molecule has 1 aliphatic carbocycles. The molecule has 1 aromatic rings. The normalized spacial score (nSPS) is 17.6. The van der Waals surface area contributed by atoms with Gasteiger partial charge in [0.1, 0.15) is 6.54 Å². The number of rotatable bonds is 5. The van der Waals surface area contributed by atoms with E-state index < -0.39 is 0 Å². The minimum absolute atomic E-state index is 0.0253. The Labute approximate surface area is 135 Å². The molecule has 118 valence electrons. The van der Waals surface area contributed by atoms with Crippen molar-refractivity contribution in [2.45, 2.75) is 37.6 Å². The number of carbonyl (C=O) groups is 2. The molecule has 0 radical (unpaired) electrons. The molecule has 2 aliphatic rings. The van der Waals surface area contributed by atoms with Gasteiger partial charge in [-0.3, -0.25) is 9.59 Å². The molecule has 2 amide bonds. The number of carbonyl (C=O) groups excluding carboxylic acids is 2. The fraction of sp³-hybridized carbons (Fsp3) is 0.529. The Kier molecular flexibility index (Phi) is 4.43. The Morgan fingerprint density at radius 1 is 1.36 bits per heavy atom. The van der Waals surface area contributed by atoms with Gasteiger partial charge in [-0.2, -0.15) is 0 Å². The largest absolute Gasteiger partial charge is 0.338 e. The van der Waals surface area contributed by atoms with Crippen LogP contribution >= 0.6 is 11.8 Å². The third kappa shape index (κ3) is 3.29. The van der Waals surface area contributed by atoms with Crippen molar-refractivity contribution in [2.75, 3.05) is 23.7 Å². The van der Waals surface area contributed by atoms with Crippen LogP contribution in [0.3, 0.4) is 0 Å². The van der Waals surface area contributed by atoms with Crippen molar-refractivity contribution < 1.29 is 9.59 Å². The molecule has 0 atom stereocenters. The van der Waals surface area contributed by atoms with E-state index in [2.05, 4.69) is 13.8 Å². The van der Waals surface area contributed by atoms with Crippen molar-refractivity contribution >= 4 is 29.3 Å². The summed E-state index contributed by atoms with van der Waals surface area (Å²) in [4.78, 5) is 29.7. The van der Waals surface area contributed by atoms with Crippen molar-refractivity contribution in [1.29, 1.82) is 0 Å². The van der Waals surface area contributed by atoms with E-state index in [-0.39, 0.29) is 18.4 Å². The lowest BCUT2D eigenvalue weighted by molar-refractivity contribution is -0.132. The zero-order valence-corrected chi connectivity index (χ0v) is 13.9. The van der Waals surface area contributed by atoms with Gasteiger partial charge in [-0.15, -0.1) is 11.8 Å². The second-order valence-electron chi connectivity index (χ2n) is 6.41. The minimum Gasteiger partial charge on any atom is -0.338 e. The number of amides is 2. The van der Waals surface area contributed by atoms with Crippen LogP contribution in [0.1, 0.15) is 26.7 Å². The molecule has 0 N–H and O–H groups in total. The molecular weight excluding hydrogens is 296 g/mol. The van der Waals surface area contributed by atoms with Crippen LogP contribution in [0.5, 0.6) is 0 Å². The predicted molar refractivity (Wildman–Crippen MR) is 89.1 cm³/mol. The number of benzene rings is 1. The fourth-order valence-corrected chi connectivity index (χ4v) is 3.72. The molecule has 1 saturated carbocycles. The molecule has 0 spiro atoms. The van der Waals surface area contributed by atoms with Crippen molar-refractivity contribution in [2.24, 2.45) is 5.92 Å². The van der Waals surface area contributed by atoms with Gasteiger partial charge in [0.2, 0.25) is 11.8 Å². The second kappa shape index (κ2) is 6.32. The molecular formula is C17H22N2O2S. The number of thioether (sulfide) groups is 1. The highest BCUT2D eigenvalue weighted by molar-refractivity contribution is 8.00. The van der Waals surface area contributed by atoms with Crippen LogP contribution in [-0.4, -0.2) is 41.6 Å². The molecule has 1 heterocycles. The first-order valence-electron chi connectivity index (χ1n) is 7.88. The first-order valence-corrected chi connectivity index (χ1v) is 8.86. The summed E-state index contributed by atoms with van der Waals surface area (Å²) in [5, 5.41) is 0. The standard InChI is InChI=1S/C17H22N2O2S/c1-12(2)9-18(13-7-8-13)16(20)10-19-14-5-3-4-6-15(14)22-11-17(19)21/h3-6,12-13H,7-11H2,1-2H3. The number of hydrogen-bond acceptors (Lipinski definition) is 3. The molecule has 3 rings (SSSR count). The van der Waals surface area contributed by atoms with Gasteiger partial charge >= 0.3 is 0 Å². The van der Waals surface area contributed by atoms with Gasteiger partial charge in [-0.05, 0) is 30.9 Å². The summed E-state index contributed by atoms with van der Waals surface area (Å²) in [5.74, 6) is 0.964. The van der Waals surface area contributed by atoms with Crippen LogP contribution in [-0.2, 0) is 9.59 Å². The lowest BCUT2D eigenvalue weighted by atomic mass is 10.2. The van der Waals surface area contributed by atoms with Crippen LogP contribution in [0, 0.1) is 5.92 Å². The molecule has 5 heteroatoms. The monoisotopic (exact) mass is 318 g/mol. The number of fused-ring (bicyclic) bond motifs is 1. The summed E-state index contributed by atoms with van der Waals surface area (Å²) in [6, 6.07) is 8.21. The van der Waals surface area contributed by atoms with E-state index in [0.29, 0.717) is 17.7 Å². The summed E-state index contributed by atoms with van der Waals surface area (Å²) in [5.41, 5.74) is 0.873. The fourth-order valence-electron chi connectivity index (χ4n) is 2.79. The zero-order valence-electron chi connectivity index (χ0n) is 13.1. The Morgan fingerprint density at radius 3 is 2.77 bits per heavy atom. The van der Waals surface area contributed by atoms with E-state index in [1.807, 2.05) is 29.2 Å². The van der Waals surface area contributed by atoms with E-state index in [4.69, 9.17) is 0 Å². The van der Waals surface area contributed by atoms with Crippen molar-refractivity contribution in [3.63, 3.8) is 0 Å².